The van der Waals surface area contributed by atoms with Gasteiger partial charge in [0, 0.05) is 44.5 Å². The summed E-state index contributed by atoms with van der Waals surface area (Å²) in [4.78, 5) is 6.67. The van der Waals surface area contributed by atoms with Crippen molar-refractivity contribution in [2.45, 2.75) is 38.9 Å². The standard InChI is InChI=1S/C18H25FN4/c1-14-20-10-17(22(14)2)11-21-16-7-5-9-23(13-16)12-15-6-3-4-8-18(15)19/h3-4,6,8,10,16,21H,5,7,9,11-13H2,1-2H3/t16-/m1/s1. The number of aromatic nitrogens is 2. The zero-order chi connectivity index (χ0) is 16.2. The van der Waals surface area contributed by atoms with Crippen LogP contribution >= 0.6 is 0 Å². The second kappa shape index (κ2) is 7.23. The molecule has 4 nitrogen and oxygen atoms in total. The average Bonchev–Trinajstić information content (AvgIpc) is 2.87. The molecule has 0 aliphatic carbocycles. The monoisotopic (exact) mass is 316 g/mol. The third-order valence-corrected chi connectivity index (χ3v) is 4.75. The van der Waals surface area contributed by atoms with Crippen molar-refractivity contribution in [2.75, 3.05) is 13.1 Å². The summed E-state index contributed by atoms with van der Waals surface area (Å²) in [6, 6.07) is 7.52. The molecule has 1 N–H and O–H groups in total. The molecule has 0 bridgehead atoms. The fourth-order valence-corrected chi connectivity index (χ4v) is 3.20. The van der Waals surface area contributed by atoms with Crippen LogP contribution in [0.5, 0.6) is 0 Å². The van der Waals surface area contributed by atoms with Gasteiger partial charge in [0.15, 0.2) is 0 Å². The largest absolute Gasteiger partial charge is 0.334 e. The van der Waals surface area contributed by atoms with Crippen LogP contribution in [0.2, 0.25) is 0 Å². The predicted molar refractivity (Wildman–Crippen MR) is 89.5 cm³/mol. The van der Waals surface area contributed by atoms with E-state index in [1.807, 2.05) is 32.3 Å². The summed E-state index contributed by atoms with van der Waals surface area (Å²) in [5.74, 6) is 0.930. The number of hydrogen-bond donors (Lipinski definition) is 1. The molecule has 23 heavy (non-hydrogen) atoms. The maximum Gasteiger partial charge on any atom is 0.127 e. The van der Waals surface area contributed by atoms with Crippen LogP contribution in [0.3, 0.4) is 0 Å². The first-order valence-electron chi connectivity index (χ1n) is 8.30. The Morgan fingerprint density at radius 3 is 2.91 bits per heavy atom. The zero-order valence-corrected chi connectivity index (χ0v) is 13.9. The van der Waals surface area contributed by atoms with Gasteiger partial charge < -0.3 is 9.88 Å². The van der Waals surface area contributed by atoms with Crippen molar-refractivity contribution in [2.24, 2.45) is 7.05 Å². The van der Waals surface area contributed by atoms with E-state index in [0.29, 0.717) is 12.6 Å². The van der Waals surface area contributed by atoms with Gasteiger partial charge in [-0.1, -0.05) is 18.2 Å². The molecule has 5 heteroatoms. The summed E-state index contributed by atoms with van der Waals surface area (Å²) >= 11 is 0. The molecule has 0 amide bonds. The van der Waals surface area contributed by atoms with Gasteiger partial charge in [0.25, 0.3) is 0 Å². The van der Waals surface area contributed by atoms with E-state index in [1.54, 1.807) is 12.1 Å². The zero-order valence-electron chi connectivity index (χ0n) is 13.9. The second-order valence-electron chi connectivity index (χ2n) is 6.40. The number of likely N-dealkylation sites (tertiary alicyclic amines) is 1. The van der Waals surface area contributed by atoms with E-state index in [0.717, 1.165) is 37.4 Å². The molecule has 0 saturated carbocycles. The predicted octanol–water partition coefficient (Wildman–Crippen LogP) is 2.62. The van der Waals surface area contributed by atoms with Gasteiger partial charge in [0.05, 0.1) is 5.69 Å². The lowest BCUT2D eigenvalue weighted by molar-refractivity contribution is 0.180. The first-order chi connectivity index (χ1) is 11.1. The van der Waals surface area contributed by atoms with Crippen LogP contribution < -0.4 is 5.32 Å². The molecule has 0 unspecified atom stereocenters. The normalized spacial score (nSPS) is 19.2. The highest BCUT2D eigenvalue weighted by Crippen LogP contribution is 2.16. The summed E-state index contributed by atoms with van der Waals surface area (Å²) in [5.41, 5.74) is 1.99. The van der Waals surface area contributed by atoms with Crippen molar-refractivity contribution in [1.29, 1.82) is 0 Å². The second-order valence-corrected chi connectivity index (χ2v) is 6.40. The topological polar surface area (TPSA) is 33.1 Å². The number of nitrogens with zero attached hydrogens (tertiary/aromatic N) is 3. The van der Waals surface area contributed by atoms with Crippen LogP contribution in [0.15, 0.2) is 30.5 Å². The SMILES string of the molecule is Cc1ncc(CN[C@@H]2CCCN(Cc3ccccc3F)C2)n1C. The lowest BCUT2D eigenvalue weighted by Crippen LogP contribution is -2.45. The van der Waals surface area contributed by atoms with E-state index in [1.165, 1.54) is 12.1 Å². The lowest BCUT2D eigenvalue weighted by Gasteiger charge is -2.33. The van der Waals surface area contributed by atoms with Crippen LogP contribution in [0.1, 0.15) is 29.9 Å². The van der Waals surface area contributed by atoms with Gasteiger partial charge in [-0.2, -0.15) is 0 Å². The Kier molecular flexibility index (Phi) is 5.08. The van der Waals surface area contributed by atoms with Crippen LogP contribution in [0, 0.1) is 12.7 Å². The van der Waals surface area contributed by atoms with E-state index in [-0.39, 0.29) is 5.82 Å². The molecule has 1 aliphatic rings. The number of imidazole rings is 1. The fourth-order valence-electron chi connectivity index (χ4n) is 3.20. The van der Waals surface area contributed by atoms with Crippen molar-refractivity contribution in [1.82, 2.24) is 19.8 Å². The quantitative estimate of drug-likeness (QED) is 0.920. The number of hydrogen-bond acceptors (Lipinski definition) is 3. The Morgan fingerprint density at radius 1 is 1.35 bits per heavy atom. The molecule has 124 valence electrons. The van der Waals surface area contributed by atoms with Crippen molar-refractivity contribution in [3.05, 3.63) is 53.4 Å². The van der Waals surface area contributed by atoms with Crippen LogP contribution in [0.25, 0.3) is 0 Å². The molecule has 1 atom stereocenters. The number of rotatable bonds is 5. The Bertz CT molecular complexity index is 652. The van der Waals surface area contributed by atoms with E-state index >= 15 is 0 Å². The molecule has 1 aliphatic heterocycles. The van der Waals surface area contributed by atoms with E-state index in [2.05, 4.69) is 19.8 Å². The summed E-state index contributed by atoms with van der Waals surface area (Å²) < 4.78 is 15.9. The van der Waals surface area contributed by atoms with Gasteiger partial charge in [-0.05, 0) is 32.4 Å². The van der Waals surface area contributed by atoms with Crippen LogP contribution in [-0.2, 0) is 20.1 Å². The number of nitrogens with one attached hydrogen (secondary N) is 1. The van der Waals surface area contributed by atoms with Gasteiger partial charge in [-0.25, -0.2) is 9.37 Å². The average molecular weight is 316 g/mol. The Morgan fingerprint density at radius 2 is 2.17 bits per heavy atom. The molecule has 1 saturated heterocycles. The molecule has 1 aromatic heterocycles. The Balaban J connectivity index is 1.54. The minimum atomic E-state index is -0.104. The van der Waals surface area contributed by atoms with Crippen molar-refractivity contribution < 1.29 is 4.39 Å². The van der Waals surface area contributed by atoms with Gasteiger partial charge in [0.1, 0.15) is 11.6 Å². The van der Waals surface area contributed by atoms with E-state index in [4.69, 9.17) is 0 Å². The summed E-state index contributed by atoms with van der Waals surface area (Å²) in [6.07, 6.45) is 4.25. The molecule has 1 aromatic carbocycles. The molecule has 0 spiro atoms. The van der Waals surface area contributed by atoms with Crippen molar-refractivity contribution in [3.63, 3.8) is 0 Å². The highest BCUT2D eigenvalue weighted by atomic mass is 19.1. The molecule has 2 heterocycles. The van der Waals surface area contributed by atoms with Crippen LogP contribution in [-0.4, -0.2) is 33.6 Å². The molecule has 0 radical (unpaired) electrons. The number of halogens is 1. The van der Waals surface area contributed by atoms with E-state index < -0.39 is 0 Å². The maximum absolute atomic E-state index is 13.8. The molecular weight excluding hydrogens is 291 g/mol. The van der Waals surface area contributed by atoms with Crippen LogP contribution in [0.4, 0.5) is 4.39 Å². The van der Waals surface area contributed by atoms with Crippen molar-refractivity contribution in [3.8, 4) is 0 Å². The lowest BCUT2D eigenvalue weighted by atomic mass is 10.0. The van der Waals surface area contributed by atoms with Gasteiger partial charge >= 0.3 is 0 Å². The smallest absolute Gasteiger partial charge is 0.127 e. The third-order valence-electron chi connectivity index (χ3n) is 4.75. The Labute approximate surface area is 137 Å². The fraction of sp³-hybridized carbons (Fsp3) is 0.500. The molecule has 2 aromatic rings. The van der Waals surface area contributed by atoms with Gasteiger partial charge in [0.2, 0.25) is 0 Å². The molecule has 3 rings (SSSR count). The summed E-state index contributed by atoms with van der Waals surface area (Å²) in [7, 11) is 2.05. The van der Waals surface area contributed by atoms with Gasteiger partial charge in [-0.3, -0.25) is 4.90 Å². The molecular formula is C18H25FN4. The maximum atomic E-state index is 13.8. The highest BCUT2D eigenvalue weighted by Gasteiger charge is 2.20. The Hall–Kier alpha value is -1.72. The summed E-state index contributed by atoms with van der Waals surface area (Å²) in [6.45, 7) is 5.54. The summed E-state index contributed by atoms with van der Waals surface area (Å²) in [5, 5.41) is 3.63. The van der Waals surface area contributed by atoms with Crippen molar-refractivity contribution >= 4 is 0 Å². The first-order valence-corrected chi connectivity index (χ1v) is 8.30. The molecule has 1 fully saturated rings. The van der Waals surface area contributed by atoms with Gasteiger partial charge in [-0.15, -0.1) is 0 Å². The first kappa shape index (κ1) is 16.1. The van der Waals surface area contributed by atoms with E-state index in [9.17, 15) is 4.39 Å². The number of piperidine rings is 1. The number of benzene rings is 1. The minimum absolute atomic E-state index is 0.104. The number of aryl methyl sites for hydroxylation is 1. The minimum Gasteiger partial charge on any atom is -0.334 e. The highest BCUT2D eigenvalue weighted by molar-refractivity contribution is 5.17. The third kappa shape index (κ3) is 3.98.